The van der Waals surface area contributed by atoms with Gasteiger partial charge < -0.3 is 10.5 Å². The number of hydrogen-bond donors (Lipinski definition) is 1. The van der Waals surface area contributed by atoms with Crippen LogP contribution in [0.1, 0.15) is 38.7 Å². The van der Waals surface area contributed by atoms with Gasteiger partial charge in [0, 0.05) is 12.0 Å². The highest BCUT2D eigenvalue weighted by atomic mass is 19.4. The fraction of sp³-hybridized carbons (Fsp3) is 0.600. The summed E-state index contributed by atoms with van der Waals surface area (Å²) in [6, 6.07) is 7.41. The molecule has 20 heavy (non-hydrogen) atoms. The van der Waals surface area contributed by atoms with E-state index in [2.05, 4.69) is 0 Å². The van der Waals surface area contributed by atoms with Gasteiger partial charge in [0.05, 0.1) is 6.61 Å². The van der Waals surface area contributed by atoms with E-state index in [4.69, 9.17) is 10.5 Å². The summed E-state index contributed by atoms with van der Waals surface area (Å²) in [6.07, 6.45) is -3.19. The molecular weight excluding hydrogens is 267 g/mol. The molecule has 2 N–H and O–H groups in total. The second-order valence-corrected chi connectivity index (χ2v) is 5.70. The quantitative estimate of drug-likeness (QED) is 0.768. The monoisotopic (exact) mass is 289 g/mol. The Labute approximate surface area is 118 Å². The lowest BCUT2D eigenvalue weighted by molar-refractivity contribution is -0.136. The highest BCUT2D eigenvalue weighted by molar-refractivity contribution is 5.27. The van der Waals surface area contributed by atoms with Gasteiger partial charge in [-0.1, -0.05) is 12.1 Å². The summed E-state index contributed by atoms with van der Waals surface area (Å²) in [5, 5.41) is 0. The molecule has 0 aliphatic carbocycles. The average molecular weight is 289 g/mol. The number of benzene rings is 1. The van der Waals surface area contributed by atoms with Crippen molar-refractivity contribution in [3.8, 4) is 5.75 Å². The Morgan fingerprint density at radius 3 is 2.15 bits per heavy atom. The van der Waals surface area contributed by atoms with Gasteiger partial charge in [-0.3, -0.25) is 0 Å². The third-order valence-corrected chi connectivity index (χ3v) is 2.85. The van der Waals surface area contributed by atoms with Crippen LogP contribution in [0.2, 0.25) is 0 Å². The van der Waals surface area contributed by atoms with Gasteiger partial charge in [-0.15, -0.1) is 0 Å². The first kappa shape index (κ1) is 16.8. The molecule has 0 saturated heterocycles. The molecule has 0 saturated carbocycles. The first-order valence-electron chi connectivity index (χ1n) is 6.73. The fourth-order valence-electron chi connectivity index (χ4n) is 1.68. The van der Waals surface area contributed by atoms with Crippen molar-refractivity contribution in [2.24, 2.45) is 5.73 Å². The topological polar surface area (TPSA) is 35.2 Å². The average Bonchev–Trinajstić information content (AvgIpc) is 2.31. The van der Waals surface area contributed by atoms with Gasteiger partial charge in [-0.25, -0.2) is 0 Å². The van der Waals surface area contributed by atoms with Crippen molar-refractivity contribution in [3.63, 3.8) is 0 Å². The lowest BCUT2D eigenvalue weighted by Crippen LogP contribution is -2.32. The number of rotatable bonds is 7. The zero-order chi connectivity index (χ0) is 15.2. The molecule has 0 spiro atoms. The van der Waals surface area contributed by atoms with Crippen LogP contribution in [-0.4, -0.2) is 18.3 Å². The van der Waals surface area contributed by atoms with Gasteiger partial charge in [-0.2, -0.15) is 13.2 Å². The van der Waals surface area contributed by atoms with Crippen LogP contribution >= 0.6 is 0 Å². The predicted octanol–water partition coefficient (Wildman–Crippen LogP) is 4.08. The van der Waals surface area contributed by atoms with Crippen molar-refractivity contribution >= 4 is 0 Å². The number of aryl methyl sites for hydroxylation is 1. The normalized spacial score (nSPS) is 12.5. The van der Waals surface area contributed by atoms with Crippen LogP contribution in [0.3, 0.4) is 0 Å². The summed E-state index contributed by atoms with van der Waals surface area (Å²) >= 11 is 0. The maximum Gasteiger partial charge on any atom is 0.389 e. The van der Waals surface area contributed by atoms with Crippen molar-refractivity contribution in [2.45, 2.75) is 51.2 Å². The van der Waals surface area contributed by atoms with Crippen molar-refractivity contribution < 1.29 is 17.9 Å². The van der Waals surface area contributed by atoms with Gasteiger partial charge in [0.15, 0.2) is 0 Å². The molecule has 0 unspecified atom stereocenters. The molecule has 0 aliphatic heterocycles. The molecule has 0 amide bonds. The number of alkyl halides is 3. The summed E-state index contributed by atoms with van der Waals surface area (Å²) in [4.78, 5) is 0. The summed E-state index contributed by atoms with van der Waals surface area (Å²) < 4.78 is 41.1. The Morgan fingerprint density at radius 1 is 1.05 bits per heavy atom. The van der Waals surface area contributed by atoms with E-state index in [0.717, 1.165) is 18.4 Å². The Hall–Kier alpha value is -1.23. The standard InChI is InChI=1S/C15H22F3NO/c1-14(2,19)10-8-12-4-6-13(7-5-12)20-11-3-9-15(16,17)18/h4-7H,3,8-11,19H2,1-2H3. The lowest BCUT2D eigenvalue weighted by atomic mass is 9.97. The minimum atomic E-state index is -4.11. The van der Waals surface area contributed by atoms with E-state index in [-0.39, 0.29) is 18.6 Å². The highest BCUT2D eigenvalue weighted by Gasteiger charge is 2.26. The Morgan fingerprint density at radius 2 is 1.65 bits per heavy atom. The molecule has 0 aliphatic rings. The number of halogens is 3. The number of hydrogen-bond acceptors (Lipinski definition) is 2. The third-order valence-electron chi connectivity index (χ3n) is 2.85. The van der Waals surface area contributed by atoms with Gasteiger partial charge in [0.25, 0.3) is 0 Å². The van der Waals surface area contributed by atoms with E-state index < -0.39 is 12.6 Å². The van der Waals surface area contributed by atoms with Crippen LogP contribution in [-0.2, 0) is 6.42 Å². The van der Waals surface area contributed by atoms with Crippen LogP contribution < -0.4 is 10.5 Å². The van der Waals surface area contributed by atoms with Gasteiger partial charge in [-0.05, 0) is 50.8 Å². The van der Waals surface area contributed by atoms with E-state index in [0.29, 0.717) is 5.75 Å². The van der Waals surface area contributed by atoms with Crippen molar-refractivity contribution in [2.75, 3.05) is 6.61 Å². The second-order valence-electron chi connectivity index (χ2n) is 5.70. The van der Waals surface area contributed by atoms with Crippen LogP contribution in [0, 0.1) is 0 Å². The molecule has 0 heterocycles. The summed E-state index contributed by atoms with van der Waals surface area (Å²) in [6.45, 7) is 4.03. The number of nitrogens with two attached hydrogens (primary N) is 1. The number of ether oxygens (including phenoxy) is 1. The SMILES string of the molecule is CC(C)(N)CCc1ccc(OCCCC(F)(F)F)cc1. The van der Waals surface area contributed by atoms with E-state index >= 15 is 0 Å². The van der Waals surface area contributed by atoms with Crippen LogP contribution in [0.5, 0.6) is 5.75 Å². The maximum absolute atomic E-state index is 11.9. The summed E-state index contributed by atoms with van der Waals surface area (Å²) in [7, 11) is 0. The molecule has 1 rings (SSSR count). The smallest absolute Gasteiger partial charge is 0.389 e. The minimum Gasteiger partial charge on any atom is -0.494 e. The van der Waals surface area contributed by atoms with Crippen molar-refractivity contribution in [1.82, 2.24) is 0 Å². The second kappa shape index (κ2) is 6.97. The summed E-state index contributed by atoms with van der Waals surface area (Å²) in [5.74, 6) is 0.600. The summed E-state index contributed by atoms with van der Waals surface area (Å²) in [5.41, 5.74) is 6.86. The third kappa shape index (κ3) is 8.04. The molecule has 0 aromatic heterocycles. The van der Waals surface area contributed by atoms with Crippen LogP contribution in [0.4, 0.5) is 13.2 Å². The molecule has 0 fully saturated rings. The molecule has 1 aromatic rings. The van der Waals surface area contributed by atoms with E-state index in [1.54, 1.807) is 12.1 Å². The largest absolute Gasteiger partial charge is 0.494 e. The zero-order valence-electron chi connectivity index (χ0n) is 12.0. The first-order valence-corrected chi connectivity index (χ1v) is 6.73. The minimum absolute atomic E-state index is 0.0212. The van der Waals surface area contributed by atoms with Gasteiger partial charge in [0.1, 0.15) is 5.75 Å². The molecule has 1 aromatic carbocycles. The Bertz CT molecular complexity index is 393. The van der Waals surface area contributed by atoms with Crippen molar-refractivity contribution in [3.05, 3.63) is 29.8 Å². The van der Waals surface area contributed by atoms with Crippen LogP contribution in [0.25, 0.3) is 0 Å². The molecule has 114 valence electrons. The Kier molecular flexibility index (Phi) is 5.87. The molecule has 0 radical (unpaired) electrons. The zero-order valence-corrected chi connectivity index (χ0v) is 12.0. The van der Waals surface area contributed by atoms with E-state index in [1.165, 1.54) is 0 Å². The lowest BCUT2D eigenvalue weighted by Gasteiger charge is -2.18. The van der Waals surface area contributed by atoms with Gasteiger partial charge in [0.2, 0.25) is 0 Å². The molecule has 2 nitrogen and oxygen atoms in total. The first-order chi connectivity index (χ1) is 9.16. The van der Waals surface area contributed by atoms with Crippen molar-refractivity contribution in [1.29, 1.82) is 0 Å². The Balaban J connectivity index is 2.32. The van der Waals surface area contributed by atoms with Crippen LogP contribution in [0.15, 0.2) is 24.3 Å². The molecular formula is C15H22F3NO. The molecule has 0 atom stereocenters. The highest BCUT2D eigenvalue weighted by Crippen LogP contribution is 2.22. The fourth-order valence-corrected chi connectivity index (χ4v) is 1.68. The van der Waals surface area contributed by atoms with E-state index in [9.17, 15) is 13.2 Å². The predicted molar refractivity (Wildman–Crippen MR) is 73.8 cm³/mol. The molecule has 5 heteroatoms. The molecule has 0 bridgehead atoms. The maximum atomic E-state index is 11.9. The van der Waals surface area contributed by atoms with E-state index in [1.807, 2.05) is 26.0 Å². The van der Waals surface area contributed by atoms with Gasteiger partial charge >= 0.3 is 6.18 Å².